The van der Waals surface area contributed by atoms with Crippen LogP contribution in [0, 0.1) is 6.92 Å². The van der Waals surface area contributed by atoms with Crippen molar-refractivity contribution in [3.05, 3.63) is 58.5 Å². The largest absolute Gasteiger partial charge is 0.486 e. The van der Waals surface area contributed by atoms with Crippen molar-refractivity contribution < 1.29 is 14.3 Å². The number of amidine groups is 1. The van der Waals surface area contributed by atoms with Crippen LogP contribution < -0.4 is 14.8 Å². The molecule has 0 radical (unpaired) electrons. The van der Waals surface area contributed by atoms with Gasteiger partial charge in [-0.25, -0.2) is 4.99 Å². The maximum atomic E-state index is 12.2. The smallest absolute Gasteiger partial charge is 0.264 e. The number of aliphatic imine (C=N–C) groups is 1. The number of benzene rings is 2. The first-order valence-corrected chi connectivity index (χ1v) is 8.75. The van der Waals surface area contributed by atoms with Gasteiger partial charge < -0.3 is 14.8 Å². The predicted molar refractivity (Wildman–Crippen MR) is 99.4 cm³/mol. The molecule has 0 spiro atoms. The van der Waals surface area contributed by atoms with Crippen LogP contribution in [-0.2, 0) is 4.79 Å². The fourth-order valence-corrected chi connectivity index (χ4v) is 3.44. The third-order valence-corrected chi connectivity index (χ3v) is 4.66. The minimum Gasteiger partial charge on any atom is -0.486 e. The normalized spacial score (nSPS) is 19.3. The highest BCUT2D eigenvalue weighted by atomic mass is 32.2. The first-order valence-electron chi connectivity index (χ1n) is 7.93. The van der Waals surface area contributed by atoms with Crippen molar-refractivity contribution in [1.29, 1.82) is 0 Å². The molecule has 2 aromatic rings. The van der Waals surface area contributed by atoms with Crippen LogP contribution in [0.2, 0.25) is 0 Å². The van der Waals surface area contributed by atoms with Gasteiger partial charge in [0, 0.05) is 0 Å². The number of aryl methyl sites for hydroxylation is 1. The topological polar surface area (TPSA) is 59.9 Å². The summed E-state index contributed by atoms with van der Waals surface area (Å²) < 4.78 is 11.1. The zero-order chi connectivity index (χ0) is 17.2. The molecule has 6 heteroatoms. The minimum absolute atomic E-state index is 0.147. The van der Waals surface area contributed by atoms with Gasteiger partial charge in [-0.1, -0.05) is 18.2 Å². The molecular formula is C19H16N2O3S. The van der Waals surface area contributed by atoms with Gasteiger partial charge in [0.25, 0.3) is 5.91 Å². The number of hydrogen-bond acceptors (Lipinski definition) is 5. The van der Waals surface area contributed by atoms with Crippen LogP contribution in [0.5, 0.6) is 11.5 Å². The summed E-state index contributed by atoms with van der Waals surface area (Å²) in [6.07, 6.45) is 1.83. The number of rotatable bonds is 2. The van der Waals surface area contributed by atoms with E-state index in [4.69, 9.17) is 9.47 Å². The molecule has 0 atom stereocenters. The molecule has 5 nitrogen and oxygen atoms in total. The maximum Gasteiger partial charge on any atom is 0.264 e. The van der Waals surface area contributed by atoms with Gasteiger partial charge in [0.15, 0.2) is 16.7 Å². The fourth-order valence-electron chi connectivity index (χ4n) is 2.60. The number of ether oxygens (including phenoxy) is 2. The number of nitrogens with one attached hydrogen (secondary N) is 1. The second-order valence-electron chi connectivity index (χ2n) is 5.72. The Bertz CT molecular complexity index is 905. The molecule has 2 heterocycles. The molecule has 25 heavy (non-hydrogen) atoms. The maximum absolute atomic E-state index is 12.2. The van der Waals surface area contributed by atoms with E-state index in [0.717, 1.165) is 22.6 Å². The van der Waals surface area contributed by atoms with Gasteiger partial charge in [0.05, 0.1) is 10.6 Å². The molecule has 4 rings (SSSR count). The summed E-state index contributed by atoms with van der Waals surface area (Å²) in [5, 5.41) is 3.39. The van der Waals surface area contributed by atoms with Crippen molar-refractivity contribution in [2.24, 2.45) is 4.99 Å². The van der Waals surface area contributed by atoms with Gasteiger partial charge in [-0.3, -0.25) is 4.79 Å². The molecule has 0 aliphatic carbocycles. The Kier molecular flexibility index (Phi) is 4.19. The average molecular weight is 352 g/mol. The minimum atomic E-state index is -0.147. The van der Waals surface area contributed by atoms with Crippen LogP contribution in [0.4, 0.5) is 5.69 Å². The average Bonchev–Trinajstić information content (AvgIpc) is 2.94. The van der Waals surface area contributed by atoms with Crippen LogP contribution in [0.1, 0.15) is 11.1 Å². The number of thioether (sulfide) groups is 1. The van der Waals surface area contributed by atoms with Gasteiger partial charge in [0.1, 0.15) is 13.2 Å². The van der Waals surface area contributed by atoms with E-state index in [-0.39, 0.29) is 5.91 Å². The van der Waals surface area contributed by atoms with Crippen LogP contribution in [0.25, 0.3) is 6.08 Å². The Balaban J connectivity index is 1.57. The van der Waals surface area contributed by atoms with Crippen molar-refractivity contribution in [3.63, 3.8) is 0 Å². The molecular weight excluding hydrogens is 336 g/mol. The number of amides is 1. The number of carbonyl (C=O) groups excluding carboxylic acids is 1. The fraction of sp³-hybridized carbons (Fsp3) is 0.158. The second kappa shape index (κ2) is 6.64. The van der Waals surface area contributed by atoms with Crippen LogP contribution in [-0.4, -0.2) is 24.3 Å². The van der Waals surface area contributed by atoms with Gasteiger partial charge >= 0.3 is 0 Å². The van der Waals surface area contributed by atoms with Crippen LogP contribution >= 0.6 is 11.8 Å². The van der Waals surface area contributed by atoms with E-state index in [1.807, 2.05) is 55.5 Å². The Morgan fingerprint density at radius 1 is 1.12 bits per heavy atom. The van der Waals surface area contributed by atoms with E-state index >= 15 is 0 Å². The highest BCUT2D eigenvalue weighted by Crippen LogP contribution is 2.33. The lowest BCUT2D eigenvalue weighted by Gasteiger charge is -2.18. The van der Waals surface area contributed by atoms with Crippen molar-refractivity contribution in [2.75, 3.05) is 13.2 Å². The van der Waals surface area contributed by atoms with E-state index < -0.39 is 0 Å². The highest BCUT2D eigenvalue weighted by molar-refractivity contribution is 8.18. The quantitative estimate of drug-likeness (QED) is 0.838. The lowest BCUT2D eigenvalue weighted by molar-refractivity contribution is -0.115. The molecule has 1 fully saturated rings. The lowest BCUT2D eigenvalue weighted by atomic mass is 10.2. The van der Waals surface area contributed by atoms with Crippen LogP contribution in [0.15, 0.2) is 52.4 Å². The van der Waals surface area contributed by atoms with E-state index in [1.165, 1.54) is 11.8 Å². The van der Waals surface area contributed by atoms with Gasteiger partial charge in [-0.05, 0) is 60.2 Å². The molecule has 0 saturated carbocycles. The molecule has 2 aromatic carbocycles. The summed E-state index contributed by atoms with van der Waals surface area (Å²) in [6.45, 7) is 3.11. The molecule has 1 saturated heterocycles. The second-order valence-corrected chi connectivity index (χ2v) is 6.75. The number of nitrogens with zero attached hydrogens (tertiary/aromatic N) is 1. The zero-order valence-electron chi connectivity index (χ0n) is 13.6. The Hall–Kier alpha value is -2.73. The number of hydrogen-bond donors (Lipinski definition) is 1. The Labute approximate surface area is 149 Å². The SMILES string of the molecule is Cc1cccc(N=C2NC(=O)/C(=C\c3ccc4c(c3)OCCO4)S2)c1. The number of fused-ring (bicyclic) bond motifs is 1. The predicted octanol–water partition coefficient (Wildman–Crippen LogP) is 3.66. The van der Waals surface area contributed by atoms with Crippen molar-refractivity contribution in [1.82, 2.24) is 5.32 Å². The third kappa shape index (κ3) is 3.53. The first kappa shape index (κ1) is 15.8. The van der Waals surface area contributed by atoms with Gasteiger partial charge in [0.2, 0.25) is 0 Å². The van der Waals surface area contributed by atoms with Crippen molar-refractivity contribution in [2.45, 2.75) is 6.92 Å². The summed E-state index contributed by atoms with van der Waals surface area (Å²) in [5.41, 5.74) is 2.84. The number of carbonyl (C=O) groups is 1. The highest BCUT2D eigenvalue weighted by Gasteiger charge is 2.24. The van der Waals surface area contributed by atoms with Gasteiger partial charge in [-0.2, -0.15) is 0 Å². The van der Waals surface area contributed by atoms with Gasteiger partial charge in [-0.15, -0.1) is 0 Å². The molecule has 0 bridgehead atoms. The summed E-state index contributed by atoms with van der Waals surface area (Å²) >= 11 is 1.33. The summed E-state index contributed by atoms with van der Waals surface area (Å²) in [4.78, 5) is 17.3. The molecule has 2 aliphatic heterocycles. The Morgan fingerprint density at radius 3 is 2.80 bits per heavy atom. The standard InChI is InChI=1S/C19H16N2O3S/c1-12-3-2-4-14(9-12)20-19-21-18(22)17(25-19)11-13-5-6-15-16(10-13)24-8-7-23-15/h2-6,9-11H,7-8H2,1H3,(H,20,21,22)/b17-11+. The first-order chi connectivity index (χ1) is 12.2. The van der Waals surface area contributed by atoms with Crippen molar-refractivity contribution in [3.8, 4) is 11.5 Å². The molecule has 1 amide bonds. The van der Waals surface area contributed by atoms with Crippen molar-refractivity contribution >= 4 is 34.6 Å². The molecule has 2 aliphatic rings. The summed E-state index contributed by atoms with van der Waals surface area (Å²) in [6, 6.07) is 13.5. The molecule has 1 N–H and O–H groups in total. The van der Waals surface area contributed by atoms with E-state index in [9.17, 15) is 4.79 Å². The lowest BCUT2D eigenvalue weighted by Crippen LogP contribution is -2.19. The monoisotopic (exact) mass is 352 g/mol. The van der Waals surface area contributed by atoms with E-state index in [2.05, 4.69) is 10.3 Å². The van der Waals surface area contributed by atoms with Crippen LogP contribution in [0.3, 0.4) is 0 Å². The summed E-state index contributed by atoms with van der Waals surface area (Å²) in [5.74, 6) is 1.29. The third-order valence-electron chi connectivity index (χ3n) is 3.75. The molecule has 126 valence electrons. The molecule has 0 unspecified atom stereocenters. The molecule has 0 aromatic heterocycles. The van der Waals surface area contributed by atoms with E-state index in [0.29, 0.717) is 29.0 Å². The summed E-state index contributed by atoms with van der Waals surface area (Å²) in [7, 11) is 0. The Morgan fingerprint density at radius 2 is 1.96 bits per heavy atom. The zero-order valence-corrected chi connectivity index (χ0v) is 14.4. The van der Waals surface area contributed by atoms with E-state index in [1.54, 1.807) is 0 Å².